The van der Waals surface area contributed by atoms with Crippen LogP contribution in [-0.4, -0.2) is 34.8 Å². The summed E-state index contributed by atoms with van der Waals surface area (Å²) >= 11 is 0. The first-order chi connectivity index (χ1) is 9.46. The largest absolute Gasteiger partial charge is 0.495 e. The van der Waals surface area contributed by atoms with Crippen molar-refractivity contribution in [2.75, 3.05) is 20.0 Å². The van der Waals surface area contributed by atoms with E-state index in [0.29, 0.717) is 12.1 Å². The van der Waals surface area contributed by atoms with Gasteiger partial charge in [-0.2, -0.15) is 0 Å². The van der Waals surface area contributed by atoms with Crippen LogP contribution in [0.1, 0.15) is 19.3 Å². The minimum Gasteiger partial charge on any atom is -0.495 e. The average molecular weight is 300 g/mol. The molecule has 0 radical (unpaired) electrons. The van der Waals surface area contributed by atoms with Gasteiger partial charge in [0.2, 0.25) is 10.0 Å². The molecule has 0 bridgehead atoms. The number of nitrogens with one attached hydrogen (secondary N) is 1. The smallest absolute Gasteiger partial charge is 0.244 e. The normalized spacial score (nSPS) is 22.9. The Labute approximate surface area is 119 Å². The van der Waals surface area contributed by atoms with E-state index in [1.165, 1.54) is 19.2 Å². The second kappa shape index (κ2) is 5.99. The van der Waals surface area contributed by atoms with Crippen LogP contribution in [0.4, 0.5) is 5.69 Å². The van der Waals surface area contributed by atoms with Crippen LogP contribution in [0, 0.1) is 0 Å². The highest BCUT2D eigenvalue weighted by atomic mass is 32.2. The molecule has 1 saturated carbocycles. The lowest BCUT2D eigenvalue weighted by atomic mass is 10.3. The van der Waals surface area contributed by atoms with E-state index in [2.05, 4.69) is 4.72 Å². The van der Waals surface area contributed by atoms with Crippen molar-refractivity contribution in [3.05, 3.63) is 18.2 Å². The quantitative estimate of drug-likeness (QED) is 0.795. The molecule has 20 heavy (non-hydrogen) atoms. The van der Waals surface area contributed by atoms with Gasteiger partial charge in [-0.05, 0) is 31.4 Å². The summed E-state index contributed by atoms with van der Waals surface area (Å²) in [5.74, 6) is 0.249. The fourth-order valence-electron chi connectivity index (χ4n) is 2.45. The lowest BCUT2D eigenvalue weighted by Crippen LogP contribution is -2.33. The number of nitrogen functional groups attached to an aromatic ring is 1. The number of hydrogen-bond donors (Lipinski definition) is 2. The van der Waals surface area contributed by atoms with Gasteiger partial charge in [-0.15, -0.1) is 0 Å². The van der Waals surface area contributed by atoms with Crippen LogP contribution in [0.2, 0.25) is 0 Å². The maximum absolute atomic E-state index is 12.4. The highest BCUT2D eigenvalue weighted by Crippen LogP contribution is 2.28. The van der Waals surface area contributed by atoms with Gasteiger partial charge in [-0.1, -0.05) is 0 Å². The van der Waals surface area contributed by atoms with Crippen molar-refractivity contribution >= 4 is 15.7 Å². The van der Waals surface area contributed by atoms with Gasteiger partial charge in [0.05, 0.1) is 13.2 Å². The van der Waals surface area contributed by atoms with Gasteiger partial charge in [0, 0.05) is 24.9 Å². The lowest BCUT2D eigenvalue weighted by molar-refractivity contribution is 0.107. The van der Waals surface area contributed by atoms with E-state index in [-0.39, 0.29) is 22.8 Å². The van der Waals surface area contributed by atoms with Gasteiger partial charge in [-0.3, -0.25) is 0 Å². The molecule has 0 amide bonds. The highest BCUT2D eigenvalue weighted by Gasteiger charge is 2.30. The lowest BCUT2D eigenvalue weighted by Gasteiger charge is -2.15. The van der Waals surface area contributed by atoms with Crippen molar-refractivity contribution in [3.8, 4) is 5.75 Å². The highest BCUT2D eigenvalue weighted by molar-refractivity contribution is 7.89. The molecule has 1 aliphatic carbocycles. The molecule has 0 saturated heterocycles. The minimum atomic E-state index is -3.62. The predicted molar refractivity (Wildman–Crippen MR) is 76.2 cm³/mol. The third kappa shape index (κ3) is 3.23. The van der Waals surface area contributed by atoms with Gasteiger partial charge >= 0.3 is 0 Å². The number of nitrogens with two attached hydrogens (primary N) is 1. The SMILES string of the molecule is COc1cc(N)ccc1S(=O)(=O)NC1CCC(OC)C1. The summed E-state index contributed by atoms with van der Waals surface area (Å²) in [6, 6.07) is 4.40. The maximum atomic E-state index is 12.4. The van der Waals surface area contributed by atoms with Crippen LogP contribution < -0.4 is 15.2 Å². The van der Waals surface area contributed by atoms with E-state index in [4.69, 9.17) is 15.2 Å². The maximum Gasteiger partial charge on any atom is 0.244 e. The summed E-state index contributed by atoms with van der Waals surface area (Å²) < 4.78 is 37.8. The molecular weight excluding hydrogens is 280 g/mol. The Balaban J connectivity index is 2.19. The number of methoxy groups -OCH3 is 2. The van der Waals surface area contributed by atoms with Crippen LogP contribution in [0.25, 0.3) is 0 Å². The molecule has 112 valence electrons. The Morgan fingerprint density at radius 2 is 2.05 bits per heavy atom. The topological polar surface area (TPSA) is 90.7 Å². The molecule has 0 aromatic heterocycles. The summed E-state index contributed by atoms with van der Waals surface area (Å²) in [5.41, 5.74) is 6.09. The van der Waals surface area contributed by atoms with Crippen LogP contribution in [0.15, 0.2) is 23.1 Å². The average Bonchev–Trinajstić information content (AvgIpc) is 2.85. The first kappa shape index (κ1) is 15.1. The van der Waals surface area contributed by atoms with Crippen LogP contribution in [0.3, 0.4) is 0 Å². The second-order valence-electron chi connectivity index (χ2n) is 4.90. The molecular formula is C13H20N2O4S. The second-order valence-corrected chi connectivity index (χ2v) is 6.58. The Bertz CT molecular complexity index is 574. The van der Waals surface area contributed by atoms with Crippen molar-refractivity contribution in [2.24, 2.45) is 0 Å². The molecule has 3 N–H and O–H groups in total. The molecule has 2 atom stereocenters. The number of sulfonamides is 1. The van der Waals surface area contributed by atoms with Crippen molar-refractivity contribution < 1.29 is 17.9 Å². The van der Waals surface area contributed by atoms with Crippen molar-refractivity contribution in [2.45, 2.75) is 36.3 Å². The number of benzene rings is 1. The Morgan fingerprint density at radius 3 is 2.65 bits per heavy atom. The predicted octanol–water partition coefficient (Wildman–Crippen LogP) is 1.12. The van der Waals surface area contributed by atoms with Gasteiger partial charge in [0.15, 0.2) is 0 Å². The molecule has 1 fully saturated rings. The van der Waals surface area contributed by atoms with E-state index in [1.807, 2.05) is 0 Å². The summed E-state index contributed by atoms with van der Waals surface area (Å²) in [5, 5.41) is 0. The van der Waals surface area contributed by atoms with Crippen LogP contribution in [-0.2, 0) is 14.8 Å². The molecule has 1 aromatic carbocycles. The summed E-state index contributed by atoms with van der Waals surface area (Å²) in [7, 11) is -0.557. The molecule has 0 spiro atoms. The Kier molecular flexibility index (Phi) is 4.52. The molecule has 0 aliphatic heterocycles. The zero-order valence-electron chi connectivity index (χ0n) is 11.6. The first-order valence-corrected chi connectivity index (χ1v) is 7.93. The van der Waals surface area contributed by atoms with Crippen LogP contribution in [0.5, 0.6) is 5.75 Å². The van der Waals surface area contributed by atoms with Gasteiger partial charge in [0.25, 0.3) is 0 Å². The van der Waals surface area contributed by atoms with E-state index < -0.39 is 10.0 Å². The van der Waals surface area contributed by atoms with E-state index in [0.717, 1.165) is 12.8 Å². The van der Waals surface area contributed by atoms with Gasteiger partial charge < -0.3 is 15.2 Å². The third-order valence-corrected chi connectivity index (χ3v) is 5.08. The zero-order valence-corrected chi connectivity index (χ0v) is 12.4. The zero-order chi connectivity index (χ0) is 14.8. The number of ether oxygens (including phenoxy) is 2. The molecule has 7 heteroatoms. The Morgan fingerprint density at radius 1 is 1.30 bits per heavy atom. The molecule has 1 aliphatic rings. The molecule has 1 aromatic rings. The fraction of sp³-hybridized carbons (Fsp3) is 0.538. The fourth-order valence-corrected chi connectivity index (χ4v) is 3.88. The standard InChI is InChI=1S/C13H20N2O4S/c1-18-11-5-4-10(8-11)15-20(16,17)13-6-3-9(14)7-12(13)19-2/h3,6-7,10-11,15H,4-5,8,14H2,1-2H3. The molecule has 2 unspecified atom stereocenters. The monoisotopic (exact) mass is 300 g/mol. The number of rotatable bonds is 5. The molecule has 0 heterocycles. The minimum absolute atomic E-state index is 0.104. The van der Waals surface area contributed by atoms with E-state index in [1.54, 1.807) is 13.2 Å². The molecule has 2 rings (SSSR count). The summed E-state index contributed by atoms with van der Waals surface area (Å²) in [4.78, 5) is 0.107. The van der Waals surface area contributed by atoms with Crippen molar-refractivity contribution in [3.63, 3.8) is 0 Å². The summed E-state index contributed by atoms with van der Waals surface area (Å²) in [6.07, 6.45) is 2.45. The van der Waals surface area contributed by atoms with E-state index in [9.17, 15) is 8.42 Å². The van der Waals surface area contributed by atoms with Gasteiger partial charge in [-0.25, -0.2) is 13.1 Å². The van der Waals surface area contributed by atoms with Crippen LogP contribution >= 0.6 is 0 Å². The third-order valence-electron chi connectivity index (χ3n) is 3.52. The van der Waals surface area contributed by atoms with E-state index >= 15 is 0 Å². The number of hydrogen-bond acceptors (Lipinski definition) is 5. The van der Waals surface area contributed by atoms with Crippen molar-refractivity contribution in [1.82, 2.24) is 4.72 Å². The summed E-state index contributed by atoms with van der Waals surface area (Å²) in [6.45, 7) is 0. The van der Waals surface area contributed by atoms with Crippen molar-refractivity contribution in [1.29, 1.82) is 0 Å². The number of anilines is 1. The molecule has 6 nitrogen and oxygen atoms in total. The van der Waals surface area contributed by atoms with Gasteiger partial charge in [0.1, 0.15) is 10.6 Å². The Hall–Kier alpha value is -1.31. The first-order valence-electron chi connectivity index (χ1n) is 6.45.